The lowest BCUT2D eigenvalue weighted by atomic mass is 10.3. The molecule has 0 atom stereocenters. The Morgan fingerprint density at radius 1 is 1.08 bits per heavy atom. The Labute approximate surface area is 170 Å². The van der Waals surface area contributed by atoms with Gasteiger partial charge >= 0.3 is 0 Å². The van der Waals surface area contributed by atoms with Crippen molar-refractivity contribution in [2.24, 2.45) is 4.99 Å². The number of rotatable bonds is 11. The lowest BCUT2D eigenvalue weighted by molar-refractivity contribution is 0.271. The van der Waals surface area contributed by atoms with Crippen LogP contribution in [0.2, 0.25) is 0 Å². The van der Waals surface area contributed by atoms with Gasteiger partial charge in [-0.25, -0.2) is 9.98 Å². The predicted molar refractivity (Wildman–Crippen MR) is 116 cm³/mol. The second kappa shape index (κ2) is 14.4. The minimum absolute atomic E-state index is 0. The molecule has 7 heteroatoms. The molecule has 0 saturated heterocycles. The van der Waals surface area contributed by atoms with E-state index in [1.165, 1.54) is 25.9 Å². The number of aromatic nitrogens is 1. The fourth-order valence-electron chi connectivity index (χ4n) is 2.57. The first-order chi connectivity index (χ1) is 11.6. The first kappa shape index (κ1) is 24.2. The Morgan fingerprint density at radius 2 is 1.76 bits per heavy atom. The van der Waals surface area contributed by atoms with Crippen LogP contribution in [-0.2, 0) is 6.54 Å². The Bertz CT molecular complexity index is 464. The molecule has 0 radical (unpaired) electrons. The topological polar surface area (TPSA) is 65.7 Å². The number of guanidine groups is 1. The molecular formula is C18H36IN5O. The number of oxazole rings is 1. The minimum Gasteiger partial charge on any atom is -0.444 e. The second-order valence-corrected chi connectivity index (χ2v) is 6.07. The normalized spacial score (nSPS) is 11.5. The zero-order chi connectivity index (χ0) is 17.8. The van der Waals surface area contributed by atoms with Gasteiger partial charge in [-0.1, -0.05) is 13.8 Å². The number of nitrogens with one attached hydrogen (secondary N) is 2. The van der Waals surface area contributed by atoms with Crippen molar-refractivity contribution < 1.29 is 4.42 Å². The van der Waals surface area contributed by atoms with E-state index in [0.717, 1.165) is 43.5 Å². The van der Waals surface area contributed by atoms with Gasteiger partial charge in [0, 0.05) is 13.1 Å². The number of nitrogens with zero attached hydrogens (tertiary/aromatic N) is 3. The van der Waals surface area contributed by atoms with E-state index in [9.17, 15) is 0 Å². The summed E-state index contributed by atoms with van der Waals surface area (Å²) >= 11 is 0. The van der Waals surface area contributed by atoms with Crippen LogP contribution in [0.5, 0.6) is 0 Å². The molecule has 0 saturated carbocycles. The van der Waals surface area contributed by atoms with Crippen LogP contribution in [0.1, 0.15) is 57.4 Å². The van der Waals surface area contributed by atoms with Gasteiger partial charge in [0.2, 0.25) is 5.89 Å². The summed E-state index contributed by atoms with van der Waals surface area (Å²) in [6, 6.07) is 0. The molecule has 0 aromatic carbocycles. The van der Waals surface area contributed by atoms with E-state index in [1.807, 2.05) is 13.8 Å². The molecule has 0 aliphatic heterocycles. The summed E-state index contributed by atoms with van der Waals surface area (Å²) in [4.78, 5) is 11.5. The van der Waals surface area contributed by atoms with Gasteiger partial charge in [0.1, 0.15) is 12.3 Å². The molecule has 6 nitrogen and oxygen atoms in total. The quantitative estimate of drug-likeness (QED) is 0.227. The van der Waals surface area contributed by atoms with Crippen molar-refractivity contribution in [1.29, 1.82) is 0 Å². The van der Waals surface area contributed by atoms with Gasteiger partial charge in [0.05, 0.1) is 5.69 Å². The number of aryl methyl sites for hydroxylation is 2. The zero-order valence-electron chi connectivity index (χ0n) is 16.5. The van der Waals surface area contributed by atoms with Crippen LogP contribution in [0.15, 0.2) is 9.41 Å². The molecule has 0 fully saturated rings. The minimum atomic E-state index is 0. The van der Waals surface area contributed by atoms with Crippen LogP contribution in [-0.4, -0.2) is 48.6 Å². The van der Waals surface area contributed by atoms with E-state index >= 15 is 0 Å². The van der Waals surface area contributed by atoms with Crippen molar-refractivity contribution in [3.05, 3.63) is 17.3 Å². The van der Waals surface area contributed by atoms with E-state index in [-0.39, 0.29) is 24.0 Å². The van der Waals surface area contributed by atoms with Crippen molar-refractivity contribution in [2.45, 2.75) is 60.4 Å². The smallest absolute Gasteiger partial charge is 0.216 e. The maximum atomic E-state index is 5.57. The summed E-state index contributed by atoms with van der Waals surface area (Å²) in [5, 5.41) is 6.66. The summed E-state index contributed by atoms with van der Waals surface area (Å²) in [7, 11) is 0. The third kappa shape index (κ3) is 10.0. The molecule has 1 heterocycles. The highest BCUT2D eigenvalue weighted by Crippen LogP contribution is 2.08. The SMILES string of the molecule is CCCN(CCC)CCCNC(=NCc1nc(C)c(C)o1)NCC.I. The largest absolute Gasteiger partial charge is 0.444 e. The number of hydrogen-bond donors (Lipinski definition) is 2. The van der Waals surface area contributed by atoms with Crippen molar-refractivity contribution in [3.8, 4) is 0 Å². The van der Waals surface area contributed by atoms with Crippen molar-refractivity contribution >= 4 is 29.9 Å². The highest BCUT2D eigenvalue weighted by molar-refractivity contribution is 14.0. The van der Waals surface area contributed by atoms with Gasteiger partial charge in [-0.05, 0) is 59.7 Å². The lowest BCUT2D eigenvalue weighted by Crippen LogP contribution is -2.39. The maximum Gasteiger partial charge on any atom is 0.216 e. The molecular weight excluding hydrogens is 429 g/mol. The van der Waals surface area contributed by atoms with Crippen molar-refractivity contribution in [1.82, 2.24) is 20.5 Å². The molecule has 0 aliphatic carbocycles. The Morgan fingerprint density at radius 3 is 2.28 bits per heavy atom. The Balaban J connectivity index is 0.00000576. The van der Waals surface area contributed by atoms with E-state index in [4.69, 9.17) is 4.42 Å². The Hall–Kier alpha value is -0.830. The monoisotopic (exact) mass is 465 g/mol. The molecule has 2 N–H and O–H groups in total. The maximum absolute atomic E-state index is 5.57. The number of hydrogen-bond acceptors (Lipinski definition) is 4. The summed E-state index contributed by atoms with van der Waals surface area (Å²) in [5.74, 6) is 2.35. The first-order valence-corrected chi connectivity index (χ1v) is 9.28. The van der Waals surface area contributed by atoms with Crippen LogP contribution >= 0.6 is 24.0 Å². The third-order valence-corrected chi connectivity index (χ3v) is 3.81. The zero-order valence-corrected chi connectivity index (χ0v) is 18.9. The van der Waals surface area contributed by atoms with Gasteiger partial charge in [0.25, 0.3) is 0 Å². The van der Waals surface area contributed by atoms with Crippen molar-refractivity contribution in [3.63, 3.8) is 0 Å². The van der Waals surface area contributed by atoms with Crippen LogP contribution < -0.4 is 10.6 Å². The predicted octanol–water partition coefficient (Wildman–Crippen LogP) is 3.48. The lowest BCUT2D eigenvalue weighted by Gasteiger charge is -2.21. The van der Waals surface area contributed by atoms with Gasteiger partial charge in [0.15, 0.2) is 5.96 Å². The van der Waals surface area contributed by atoms with E-state index in [1.54, 1.807) is 0 Å². The molecule has 0 aliphatic rings. The average Bonchev–Trinajstić information content (AvgIpc) is 2.87. The van der Waals surface area contributed by atoms with Gasteiger partial charge in [-0.3, -0.25) is 0 Å². The molecule has 0 unspecified atom stereocenters. The molecule has 0 spiro atoms. The summed E-state index contributed by atoms with van der Waals surface area (Å²) in [5.41, 5.74) is 0.935. The third-order valence-electron chi connectivity index (χ3n) is 3.81. The fraction of sp³-hybridized carbons (Fsp3) is 0.778. The highest BCUT2D eigenvalue weighted by Gasteiger charge is 2.06. The molecule has 25 heavy (non-hydrogen) atoms. The fourth-order valence-corrected chi connectivity index (χ4v) is 2.57. The molecule has 1 rings (SSSR count). The molecule has 0 bridgehead atoms. The molecule has 1 aromatic heterocycles. The van der Waals surface area contributed by atoms with Crippen LogP contribution in [0, 0.1) is 13.8 Å². The molecule has 146 valence electrons. The van der Waals surface area contributed by atoms with Crippen LogP contribution in [0.25, 0.3) is 0 Å². The van der Waals surface area contributed by atoms with Crippen LogP contribution in [0.4, 0.5) is 0 Å². The van der Waals surface area contributed by atoms with Crippen molar-refractivity contribution in [2.75, 3.05) is 32.7 Å². The van der Waals surface area contributed by atoms with Gasteiger partial charge in [-0.2, -0.15) is 0 Å². The Kier molecular flexibility index (Phi) is 13.9. The summed E-state index contributed by atoms with van der Waals surface area (Å²) < 4.78 is 5.57. The average molecular weight is 465 g/mol. The first-order valence-electron chi connectivity index (χ1n) is 9.28. The summed E-state index contributed by atoms with van der Waals surface area (Å²) in [6.07, 6.45) is 3.54. The van der Waals surface area contributed by atoms with Gasteiger partial charge in [-0.15, -0.1) is 24.0 Å². The summed E-state index contributed by atoms with van der Waals surface area (Å²) in [6.45, 7) is 16.1. The number of aliphatic imine (C=N–C) groups is 1. The van der Waals surface area contributed by atoms with Gasteiger partial charge < -0.3 is 20.0 Å². The highest BCUT2D eigenvalue weighted by atomic mass is 127. The molecule has 0 amide bonds. The number of halogens is 1. The van der Waals surface area contributed by atoms with E-state index < -0.39 is 0 Å². The molecule has 1 aromatic rings. The van der Waals surface area contributed by atoms with E-state index in [0.29, 0.717) is 12.4 Å². The van der Waals surface area contributed by atoms with Crippen LogP contribution in [0.3, 0.4) is 0 Å². The van der Waals surface area contributed by atoms with E-state index in [2.05, 4.69) is 46.3 Å². The second-order valence-electron chi connectivity index (χ2n) is 6.07. The standard InChI is InChI=1S/C18H35N5O.HI/c1-6-11-23(12-7-2)13-9-10-20-18(19-8-3)21-14-17-22-15(4)16(5)24-17;/h6-14H2,1-5H3,(H2,19,20,21);1H.